The maximum Gasteiger partial charge on any atom is 0.244 e. The van der Waals surface area contributed by atoms with Crippen molar-refractivity contribution in [1.29, 1.82) is 0 Å². The molecule has 1 heterocycles. The van der Waals surface area contributed by atoms with E-state index in [0.717, 1.165) is 0 Å². The summed E-state index contributed by atoms with van der Waals surface area (Å²) >= 11 is 8.36. The van der Waals surface area contributed by atoms with E-state index in [1.807, 2.05) is 27.7 Å². The molecule has 0 bridgehead atoms. The Bertz CT molecular complexity index is 779. The maximum atomic E-state index is 13.2. The third-order valence-electron chi connectivity index (χ3n) is 6.01. The van der Waals surface area contributed by atoms with Crippen LogP contribution in [0.2, 0.25) is 0 Å². The van der Waals surface area contributed by atoms with Crippen molar-refractivity contribution in [3.8, 4) is 0 Å². The van der Waals surface area contributed by atoms with Crippen LogP contribution in [-0.4, -0.2) is 71.3 Å². The fourth-order valence-corrected chi connectivity index (χ4v) is 4.15. The molecule has 35 heavy (non-hydrogen) atoms. The number of nitrogens with one attached hydrogen (secondary N) is 5. The molecular formula is C23H41N5O5S2. The smallest absolute Gasteiger partial charge is 0.244 e. The maximum absolute atomic E-state index is 13.2. The van der Waals surface area contributed by atoms with Crippen LogP contribution >= 0.6 is 25.3 Å². The molecule has 1 fully saturated rings. The summed E-state index contributed by atoms with van der Waals surface area (Å²) in [5.74, 6) is -3.30. The van der Waals surface area contributed by atoms with Gasteiger partial charge in [-0.05, 0) is 24.2 Å². The highest BCUT2D eigenvalue weighted by molar-refractivity contribution is 7.80. The van der Waals surface area contributed by atoms with Crippen LogP contribution in [0.3, 0.4) is 0 Å². The second kappa shape index (κ2) is 14.6. The van der Waals surface area contributed by atoms with Gasteiger partial charge in [-0.2, -0.15) is 25.3 Å². The Balaban J connectivity index is 3.49. The molecule has 12 heteroatoms. The highest BCUT2D eigenvalue weighted by atomic mass is 32.1. The van der Waals surface area contributed by atoms with Gasteiger partial charge in [0.05, 0.1) is 0 Å². The first-order chi connectivity index (χ1) is 16.4. The average Bonchev–Trinajstić information content (AvgIpc) is 2.79. The number of rotatable bonds is 7. The number of hydrogen-bond acceptors (Lipinski definition) is 7. The van der Waals surface area contributed by atoms with Crippen molar-refractivity contribution in [2.24, 2.45) is 17.8 Å². The summed E-state index contributed by atoms with van der Waals surface area (Å²) < 4.78 is 0. The van der Waals surface area contributed by atoms with E-state index in [1.54, 1.807) is 13.8 Å². The Morgan fingerprint density at radius 3 is 1.46 bits per heavy atom. The Labute approximate surface area is 219 Å². The van der Waals surface area contributed by atoms with Crippen molar-refractivity contribution in [2.45, 2.75) is 84.6 Å². The minimum atomic E-state index is -1.04. The van der Waals surface area contributed by atoms with Gasteiger partial charge in [0, 0.05) is 11.5 Å². The van der Waals surface area contributed by atoms with Crippen molar-refractivity contribution < 1.29 is 24.0 Å². The quantitative estimate of drug-likeness (QED) is 0.232. The summed E-state index contributed by atoms with van der Waals surface area (Å²) in [5, 5.41) is 13.4. The Kier molecular flexibility index (Phi) is 12.9. The SMILES string of the molecule is CC[C@H](C)[C@@H]1NC(=O)[C@H](C(C)C)NC(=O)[C@H](CC(C)C)NC(=O)[C@H](CS)NC(=O)[C@H](CS)NC1=O. The van der Waals surface area contributed by atoms with Gasteiger partial charge in [0.2, 0.25) is 29.5 Å². The van der Waals surface area contributed by atoms with E-state index in [2.05, 4.69) is 51.8 Å². The largest absolute Gasteiger partial charge is 0.342 e. The van der Waals surface area contributed by atoms with E-state index in [9.17, 15) is 24.0 Å². The first kappa shape index (κ1) is 31.1. The van der Waals surface area contributed by atoms with E-state index < -0.39 is 59.7 Å². The van der Waals surface area contributed by atoms with Gasteiger partial charge in [-0.15, -0.1) is 0 Å². The molecule has 0 aromatic carbocycles. The predicted molar refractivity (Wildman–Crippen MR) is 141 cm³/mol. The molecule has 0 aromatic heterocycles. The standard InChI is InChI=1S/C23H41N5O5S2/c1-7-13(6)18-23(33)26-16(10-35)21(31)25-15(9-34)20(30)24-14(8-11(2)3)19(29)27-17(12(4)5)22(32)28-18/h11-18,34-35H,7-10H2,1-6H3,(H,24,30)(H,25,31)(H,26,33)(H,27,29)(H,28,32)/t13-,14-,15-,16-,17-,18-/m0/s1. The van der Waals surface area contributed by atoms with Crippen LogP contribution in [0.1, 0.15) is 54.4 Å². The van der Waals surface area contributed by atoms with Gasteiger partial charge in [-0.3, -0.25) is 24.0 Å². The highest BCUT2D eigenvalue weighted by Gasteiger charge is 2.36. The van der Waals surface area contributed by atoms with Crippen LogP contribution in [0.25, 0.3) is 0 Å². The van der Waals surface area contributed by atoms with Crippen molar-refractivity contribution in [2.75, 3.05) is 11.5 Å². The fraction of sp³-hybridized carbons (Fsp3) is 0.783. The molecule has 0 radical (unpaired) electrons. The molecule has 5 N–H and O–H groups in total. The highest BCUT2D eigenvalue weighted by Crippen LogP contribution is 2.13. The predicted octanol–water partition coefficient (Wildman–Crippen LogP) is 0.0318. The second-order valence-corrected chi connectivity index (χ2v) is 10.5. The molecule has 200 valence electrons. The molecule has 0 aliphatic carbocycles. The Morgan fingerprint density at radius 1 is 0.629 bits per heavy atom. The summed E-state index contributed by atoms with van der Waals surface area (Å²) in [5.41, 5.74) is 0. The molecular weight excluding hydrogens is 490 g/mol. The fourth-order valence-electron chi connectivity index (χ4n) is 3.63. The Hall–Kier alpha value is -1.95. The lowest BCUT2D eigenvalue weighted by atomic mass is 9.95. The van der Waals surface area contributed by atoms with Gasteiger partial charge in [-0.1, -0.05) is 48.0 Å². The number of amides is 5. The van der Waals surface area contributed by atoms with E-state index >= 15 is 0 Å². The van der Waals surface area contributed by atoms with Gasteiger partial charge in [-0.25, -0.2) is 0 Å². The van der Waals surface area contributed by atoms with Crippen molar-refractivity contribution >= 4 is 54.8 Å². The summed E-state index contributed by atoms with van der Waals surface area (Å²) in [7, 11) is 0. The van der Waals surface area contributed by atoms with Crippen LogP contribution < -0.4 is 26.6 Å². The van der Waals surface area contributed by atoms with Crippen molar-refractivity contribution in [1.82, 2.24) is 26.6 Å². The molecule has 1 rings (SSSR count). The summed E-state index contributed by atoms with van der Waals surface area (Å²) in [6, 6.07) is -4.87. The molecule has 0 saturated carbocycles. The van der Waals surface area contributed by atoms with E-state index in [-0.39, 0.29) is 29.3 Å². The van der Waals surface area contributed by atoms with Gasteiger partial charge < -0.3 is 26.6 Å². The minimum Gasteiger partial charge on any atom is -0.342 e. The number of hydrogen-bond donors (Lipinski definition) is 7. The number of thiol groups is 2. The van der Waals surface area contributed by atoms with E-state index in [4.69, 9.17) is 0 Å². The van der Waals surface area contributed by atoms with Gasteiger partial charge >= 0.3 is 0 Å². The monoisotopic (exact) mass is 531 g/mol. The molecule has 0 unspecified atom stereocenters. The van der Waals surface area contributed by atoms with Gasteiger partial charge in [0.25, 0.3) is 0 Å². The number of carbonyl (C=O) groups excluding carboxylic acids is 5. The average molecular weight is 532 g/mol. The lowest BCUT2D eigenvalue weighted by Gasteiger charge is -2.29. The lowest BCUT2D eigenvalue weighted by molar-refractivity contribution is -0.135. The van der Waals surface area contributed by atoms with E-state index in [1.165, 1.54) is 0 Å². The van der Waals surface area contributed by atoms with Crippen LogP contribution in [-0.2, 0) is 24.0 Å². The molecule has 0 aromatic rings. The normalized spacial score (nSPS) is 28.3. The van der Waals surface area contributed by atoms with Crippen LogP contribution in [0.5, 0.6) is 0 Å². The summed E-state index contributed by atoms with van der Waals surface area (Å²) in [6.07, 6.45) is 0.914. The van der Waals surface area contributed by atoms with Crippen LogP contribution in [0.4, 0.5) is 0 Å². The molecule has 5 amide bonds. The Morgan fingerprint density at radius 2 is 1.03 bits per heavy atom. The summed E-state index contributed by atoms with van der Waals surface area (Å²) in [4.78, 5) is 65.3. The third kappa shape index (κ3) is 9.21. The van der Waals surface area contributed by atoms with Crippen LogP contribution in [0.15, 0.2) is 0 Å². The second-order valence-electron chi connectivity index (χ2n) is 9.78. The topological polar surface area (TPSA) is 146 Å². The summed E-state index contributed by atoms with van der Waals surface area (Å²) in [6.45, 7) is 11.1. The van der Waals surface area contributed by atoms with Crippen molar-refractivity contribution in [3.63, 3.8) is 0 Å². The molecule has 1 saturated heterocycles. The van der Waals surface area contributed by atoms with Crippen LogP contribution in [0, 0.1) is 17.8 Å². The van der Waals surface area contributed by atoms with Crippen molar-refractivity contribution in [3.05, 3.63) is 0 Å². The first-order valence-electron chi connectivity index (χ1n) is 12.1. The number of carbonyl (C=O) groups is 5. The third-order valence-corrected chi connectivity index (χ3v) is 6.74. The molecule has 10 nitrogen and oxygen atoms in total. The molecule has 1 aliphatic heterocycles. The minimum absolute atomic E-state index is 0.0228. The lowest BCUT2D eigenvalue weighted by Crippen LogP contribution is -2.60. The zero-order valence-electron chi connectivity index (χ0n) is 21.4. The van der Waals surface area contributed by atoms with E-state index in [0.29, 0.717) is 12.8 Å². The first-order valence-corrected chi connectivity index (χ1v) is 13.4. The molecule has 0 spiro atoms. The molecule has 1 aliphatic rings. The zero-order chi connectivity index (χ0) is 26.9. The van der Waals surface area contributed by atoms with Gasteiger partial charge in [0.15, 0.2) is 0 Å². The molecule has 6 atom stereocenters. The van der Waals surface area contributed by atoms with Gasteiger partial charge in [0.1, 0.15) is 30.2 Å². The zero-order valence-corrected chi connectivity index (χ0v) is 23.2.